The molecule has 1 saturated carbocycles. The topological polar surface area (TPSA) is 66.4 Å². The summed E-state index contributed by atoms with van der Waals surface area (Å²) in [6.07, 6.45) is 2.99. The second-order valence-corrected chi connectivity index (χ2v) is 4.28. The molecule has 15 heavy (non-hydrogen) atoms. The fourth-order valence-corrected chi connectivity index (χ4v) is 1.62. The normalized spacial score (nSPS) is 16.1. The minimum Gasteiger partial charge on any atom is -0.481 e. The molecule has 0 heterocycles. The Labute approximate surface area is 90.0 Å². The van der Waals surface area contributed by atoms with Crippen molar-refractivity contribution in [2.45, 2.75) is 39.5 Å². The summed E-state index contributed by atoms with van der Waals surface area (Å²) in [5.41, 5.74) is -0.787. The van der Waals surface area contributed by atoms with Crippen LogP contribution in [0.25, 0.3) is 0 Å². The Morgan fingerprint density at radius 2 is 1.87 bits per heavy atom. The van der Waals surface area contributed by atoms with Crippen molar-refractivity contribution in [1.29, 1.82) is 0 Å². The Morgan fingerprint density at radius 3 is 2.20 bits per heavy atom. The van der Waals surface area contributed by atoms with E-state index >= 15 is 0 Å². The van der Waals surface area contributed by atoms with Crippen molar-refractivity contribution in [2.24, 2.45) is 11.3 Å². The molecule has 2 N–H and O–H groups in total. The number of amides is 1. The van der Waals surface area contributed by atoms with E-state index in [-0.39, 0.29) is 18.4 Å². The fourth-order valence-electron chi connectivity index (χ4n) is 1.62. The van der Waals surface area contributed by atoms with Crippen LogP contribution in [-0.2, 0) is 9.59 Å². The lowest BCUT2D eigenvalue weighted by Crippen LogP contribution is -2.42. The minimum atomic E-state index is -0.816. The van der Waals surface area contributed by atoms with Gasteiger partial charge < -0.3 is 10.4 Å². The summed E-state index contributed by atoms with van der Waals surface area (Å²) in [5.74, 6) is -0.656. The Bertz CT molecular complexity index is 255. The second-order valence-electron chi connectivity index (χ2n) is 4.28. The van der Waals surface area contributed by atoms with Crippen molar-refractivity contribution in [3.05, 3.63) is 0 Å². The molecule has 0 atom stereocenters. The number of rotatable bonds is 6. The highest BCUT2D eigenvalue weighted by atomic mass is 16.4. The van der Waals surface area contributed by atoms with Crippen LogP contribution in [0.4, 0.5) is 0 Å². The molecule has 0 aromatic carbocycles. The molecule has 1 fully saturated rings. The lowest BCUT2D eigenvalue weighted by atomic mass is 9.82. The molecule has 0 saturated heterocycles. The molecular weight excluding hydrogens is 194 g/mol. The maximum absolute atomic E-state index is 11.4. The van der Waals surface area contributed by atoms with Crippen LogP contribution in [0.2, 0.25) is 0 Å². The van der Waals surface area contributed by atoms with Crippen LogP contribution in [0.5, 0.6) is 0 Å². The van der Waals surface area contributed by atoms with E-state index in [0.29, 0.717) is 12.8 Å². The Kier molecular flexibility index (Phi) is 3.72. The molecular formula is C11H19NO3. The van der Waals surface area contributed by atoms with Crippen molar-refractivity contribution in [3.63, 3.8) is 0 Å². The van der Waals surface area contributed by atoms with Gasteiger partial charge in [-0.2, -0.15) is 0 Å². The fraction of sp³-hybridized carbons (Fsp3) is 0.818. The predicted molar refractivity (Wildman–Crippen MR) is 56.4 cm³/mol. The number of carboxylic acids is 1. The summed E-state index contributed by atoms with van der Waals surface area (Å²) in [6.45, 7) is 3.95. The molecule has 86 valence electrons. The maximum atomic E-state index is 11.4. The Balaban J connectivity index is 2.50. The first-order valence-electron chi connectivity index (χ1n) is 5.57. The van der Waals surface area contributed by atoms with E-state index < -0.39 is 11.4 Å². The zero-order chi connectivity index (χ0) is 11.5. The van der Waals surface area contributed by atoms with Crippen molar-refractivity contribution in [1.82, 2.24) is 5.32 Å². The van der Waals surface area contributed by atoms with Crippen LogP contribution < -0.4 is 5.32 Å². The van der Waals surface area contributed by atoms with E-state index in [4.69, 9.17) is 5.11 Å². The number of hydrogen-bond donors (Lipinski definition) is 2. The molecule has 0 bridgehead atoms. The van der Waals surface area contributed by atoms with E-state index in [1.165, 1.54) is 0 Å². The third kappa shape index (κ3) is 2.70. The van der Waals surface area contributed by atoms with E-state index in [2.05, 4.69) is 5.32 Å². The maximum Gasteiger partial charge on any atom is 0.311 e. The molecule has 1 rings (SSSR count). The largest absolute Gasteiger partial charge is 0.481 e. The van der Waals surface area contributed by atoms with E-state index in [0.717, 1.165) is 12.8 Å². The van der Waals surface area contributed by atoms with Gasteiger partial charge in [-0.05, 0) is 25.7 Å². The van der Waals surface area contributed by atoms with Crippen LogP contribution in [0.1, 0.15) is 39.5 Å². The van der Waals surface area contributed by atoms with Gasteiger partial charge in [0.15, 0.2) is 0 Å². The van der Waals surface area contributed by atoms with E-state index in [9.17, 15) is 9.59 Å². The average molecular weight is 213 g/mol. The summed E-state index contributed by atoms with van der Waals surface area (Å²) >= 11 is 0. The first-order valence-corrected chi connectivity index (χ1v) is 5.57. The van der Waals surface area contributed by atoms with Crippen molar-refractivity contribution in [3.8, 4) is 0 Å². The molecule has 0 aliphatic heterocycles. The van der Waals surface area contributed by atoms with E-state index in [1.807, 2.05) is 13.8 Å². The second kappa shape index (κ2) is 4.64. The number of carbonyl (C=O) groups excluding carboxylic acids is 1. The SMILES string of the molecule is CCC(CC)(CNC(=O)C1CC1)C(=O)O. The average Bonchev–Trinajstić information content (AvgIpc) is 3.02. The predicted octanol–water partition coefficient (Wildman–Crippen LogP) is 1.40. The highest BCUT2D eigenvalue weighted by Gasteiger charge is 2.37. The first-order chi connectivity index (χ1) is 7.05. The van der Waals surface area contributed by atoms with E-state index in [1.54, 1.807) is 0 Å². The van der Waals surface area contributed by atoms with Crippen LogP contribution in [0.3, 0.4) is 0 Å². The van der Waals surface area contributed by atoms with Crippen molar-refractivity contribution in [2.75, 3.05) is 6.54 Å². The summed E-state index contributed by atoms with van der Waals surface area (Å²) in [6, 6.07) is 0. The number of hydrogen-bond acceptors (Lipinski definition) is 2. The smallest absolute Gasteiger partial charge is 0.311 e. The number of aliphatic carboxylic acids is 1. The molecule has 1 aliphatic rings. The van der Waals surface area contributed by atoms with Crippen molar-refractivity contribution < 1.29 is 14.7 Å². The molecule has 4 heteroatoms. The third-order valence-corrected chi connectivity index (χ3v) is 3.36. The standard InChI is InChI=1S/C11H19NO3/c1-3-11(4-2,10(14)15)7-12-9(13)8-5-6-8/h8H,3-7H2,1-2H3,(H,12,13)(H,14,15). The highest BCUT2D eigenvalue weighted by Crippen LogP contribution is 2.30. The van der Waals surface area contributed by atoms with Crippen LogP contribution in [0, 0.1) is 11.3 Å². The third-order valence-electron chi connectivity index (χ3n) is 3.36. The van der Waals surface area contributed by atoms with Gasteiger partial charge in [0, 0.05) is 12.5 Å². The van der Waals surface area contributed by atoms with Gasteiger partial charge in [-0.3, -0.25) is 9.59 Å². The molecule has 0 spiro atoms. The summed E-state index contributed by atoms with van der Waals surface area (Å²) < 4.78 is 0. The zero-order valence-electron chi connectivity index (χ0n) is 9.38. The van der Waals surface area contributed by atoms with Gasteiger partial charge in [0.2, 0.25) is 5.91 Å². The van der Waals surface area contributed by atoms with Gasteiger partial charge in [-0.15, -0.1) is 0 Å². The molecule has 0 unspecified atom stereocenters. The summed E-state index contributed by atoms with van der Waals surface area (Å²) in [4.78, 5) is 22.5. The highest BCUT2D eigenvalue weighted by molar-refractivity contribution is 5.82. The molecule has 4 nitrogen and oxygen atoms in total. The summed E-state index contributed by atoms with van der Waals surface area (Å²) in [7, 11) is 0. The minimum absolute atomic E-state index is 0.0162. The van der Waals surface area contributed by atoms with Gasteiger partial charge in [0.1, 0.15) is 0 Å². The molecule has 0 aromatic rings. The lowest BCUT2D eigenvalue weighted by Gasteiger charge is -2.26. The first kappa shape index (κ1) is 12.0. The van der Waals surface area contributed by atoms with Crippen molar-refractivity contribution >= 4 is 11.9 Å². The Hall–Kier alpha value is -1.06. The number of carboxylic acid groups (broad SMARTS) is 1. The molecule has 1 amide bonds. The molecule has 0 radical (unpaired) electrons. The molecule has 1 aliphatic carbocycles. The monoisotopic (exact) mass is 213 g/mol. The van der Waals surface area contributed by atoms with Gasteiger partial charge in [0.25, 0.3) is 0 Å². The van der Waals surface area contributed by atoms with Gasteiger partial charge >= 0.3 is 5.97 Å². The number of nitrogens with one attached hydrogen (secondary N) is 1. The van der Waals surface area contributed by atoms with Gasteiger partial charge in [-0.25, -0.2) is 0 Å². The Morgan fingerprint density at radius 1 is 1.33 bits per heavy atom. The van der Waals surface area contributed by atoms with Crippen LogP contribution in [0.15, 0.2) is 0 Å². The molecule has 0 aromatic heterocycles. The summed E-state index contributed by atoms with van der Waals surface area (Å²) in [5, 5.41) is 11.9. The number of carbonyl (C=O) groups is 2. The van der Waals surface area contributed by atoms with Gasteiger partial charge in [0.05, 0.1) is 5.41 Å². The lowest BCUT2D eigenvalue weighted by molar-refractivity contribution is -0.149. The zero-order valence-corrected chi connectivity index (χ0v) is 9.38. The quantitative estimate of drug-likeness (QED) is 0.701. The van der Waals surface area contributed by atoms with Crippen LogP contribution in [-0.4, -0.2) is 23.5 Å². The van der Waals surface area contributed by atoms with Crippen LogP contribution >= 0.6 is 0 Å². The van der Waals surface area contributed by atoms with Gasteiger partial charge in [-0.1, -0.05) is 13.8 Å².